The molecule has 2 amide bonds. The summed E-state index contributed by atoms with van der Waals surface area (Å²) < 4.78 is 62.4. The molecule has 34 heavy (non-hydrogen) atoms. The molecule has 3 aromatic rings. The number of likely N-dealkylation sites (tertiary alicyclic amines) is 1. The number of amides is 2. The maximum Gasteiger partial charge on any atom is 0.417 e. The SMILES string of the molecule is Cc1nnc(C23CC(C[C@@H](C)C2)N3C(=O)Nc2cc(-c3ncn(C)n3)c(C(F)(F)F)cc2F)o1. The summed E-state index contributed by atoms with van der Waals surface area (Å²) >= 11 is 0. The van der Waals surface area contributed by atoms with Crippen molar-refractivity contribution < 1.29 is 26.8 Å². The van der Waals surface area contributed by atoms with Crippen LogP contribution in [0.3, 0.4) is 0 Å². The molecule has 9 nitrogen and oxygen atoms in total. The minimum Gasteiger partial charge on any atom is -0.423 e. The number of alkyl halides is 3. The Morgan fingerprint density at radius 2 is 2.03 bits per heavy atom. The molecule has 2 aliphatic rings. The topological polar surface area (TPSA) is 102 Å². The largest absolute Gasteiger partial charge is 0.423 e. The molecule has 1 aliphatic carbocycles. The Labute approximate surface area is 191 Å². The van der Waals surface area contributed by atoms with Crippen LogP contribution >= 0.6 is 0 Å². The lowest BCUT2D eigenvalue weighted by atomic mass is 9.64. The van der Waals surface area contributed by atoms with Crippen LogP contribution in [0.1, 0.15) is 43.5 Å². The zero-order valence-electron chi connectivity index (χ0n) is 18.5. The third-order valence-electron chi connectivity index (χ3n) is 6.40. The van der Waals surface area contributed by atoms with Crippen LogP contribution in [0.2, 0.25) is 0 Å². The lowest BCUT2D eigenvalue weighted by Gasteiger charge is -2.61. The number of urea groups is 1. The van der Waals surface area contributed by atoms with Crippen LogP contribution in [0.5, 0.6) is 0 Å². The molecule has 1 aliphatic heterocycles. The van der Waals surface area contributed by atoms with Crippen molar-refractivity contribution in [3.8, 4) is 11.4 Å². The number of rotatable bonds is 3. The van der Waals surface area contributed by atoms with E-state index in [1.165, 1.54) is 23.0 Å². The van der Waals surface area contributed by atoms with Crippen molar-refractivity contribution in [2.45, 2.75) is 50.9 Å². The van der Waals surface area contributed by atoms with Crippen molar-refractivity contribution >= 4 is 11.7 Å². The number of anilines is 1. The average Bonchev–Trinajstić information content (AvgIpc) is 3.36. The van der Waals surface area contributed by atoms with Gasteiger partial charge in [-0.15, -0.1) is 10.2 Å². The van der Waals surface area contributed by atoms with Crippen molar-refractivity contribution in [3.63, 3.8) is 0 Å². The summed E-state index contributed by atoms with van der Waals surface area (Å²) in [5.41, 5.74) is -2.91. The van der Waals surface area contributed by atoms with Gasteiger partial charge in [0, 0.05) is 32.0 Å². The first-order chi connectivity index (χ1) is 16.0. The molecule has 1 saturated carbocycles. The first-order valence-electron chi connectivity index (χ1n) is 10.7. The number of nitrogens with one attached hydrogen (secondary N) is 1. The maximum absolute atomic E-state index is 14.8. The van der Waals surface area contributed by atoms with E-state index in [4.69, 9.17) is 4.42 Å². The van der Waals surface area contributed by atoms with Crippen LogP contribution in [0, 0.1) is 18.7 Å². The van der Waals surface area contributed by atoms with Gasteiger partial charge in [0.1, 0.15) is 17.7 Å². The van der Waals surface area contributed by atoms with Gasteiger partial charge in [-0.25, -0.2) is 14.2 Å². The van der Waals surface area contributed by atoms with Crippen LogP contribution in [-0.2, 0) is 18.8 Å². The number of hydrogen-bond acceptors (Lipinski definition) is 6. The lowest BCUT2D eigenvalue weighted by Crippen LogP contribution is -2.70. The van der Waals surface area contributed by atoms with Crippen molar-refractivity contribution in [2.24, 2.45) is 13.0 Å². The second-order valence-corrected chi connectivity index (χ2v) is 8.98. The first-order valence-corrected chi connectivity index (χ1v) is 10.7. The zero-order chi connectivity index (χ0) is 24.4. The van der Waals surface area contributed by atoms with E-state index in [-0.39, 0.29) is 11.9 Å². The van der Waals surface area contributed by atoms with E-state index in [0.717, 1.165) is 12.5 Å². The quantitative estimate of drug-likeness (QED) is 0.563. The molecule has 13 heteroatoms. The molecule has 2 unspecified atom stereocenters. The Balaban J connectivity index is 1.50. The molecular formula is C21H21F4N7O2. The molecule has 2 aromatic heterocycles. The monoisotopic (exact) mass is 479 g/mol. The highest BCUT2D eigenvalue weighted by atomic mass is 19.4. The molecule has 180 valence electrons. The molecule has 1 saturated heterocycles. The molecule has 3 heterocycles. The molecule has 0 spiro atoms. The molecule has 3 atom stereocenters. The maximum atomic E-state index is 14.8. The highest BCUT2D eigenvalue weighted by Gasteiger charge is 2.62. The summed E-state index contributed by atoms with van der Waals surface area (Å²) in [5.74, 6) is -0.513. The minimum atomic E-state index is -4.84. The van der Waals surface area contributed by atoms with Gasteiger partial charge in [-0.2, -0.15) is 18.3 Å². The molecule has 0 radical (unpaired) electrons. The second-order valence-electron chi connectivity index (χ2n) is 8.98. The van der Waals surface area contributed by atoms with Crippen molar-refractivity contribution in [2.75, 3.05) is 5.32 Å². The van der Waals surface area contributed by atoms with Gasteiger partial charge in [-0.3, -0.25) is 4.68 Å². The Bertz CT molecular complexity index is 1270. The Morgan fingerprint density at radius 3 is 2.65 bits per heavy atom. The number of nitrogens with zero attached hydrogens (tertiary/aromatic N) is 6. The Hall–Kier alpha value is -3.51. The van der Waals surface area contributed by atoms with Crippen LogP contribution < -0.4 is 5.32 Å². The molecule has 5 rings (SSSR count). The van der Waals surface area contributed by atoms with E-state index in [1.54, 1.807) is 6.92 Å². The predicted octanol–water partition coefficient (Wildman–Crippen LogP) is 4.26. The minimum absolute atomic E-state index is 0.134. The predicted molar refractivity (Wildman–Crippen MR) is 110 cm³/mol. The number of benzene rings is 1. The highest BCUT2D eigenvalue weighted by molar-refractivity contribution is 5.92. The van der Waals surface area contributed by atoms with Crippen LogP contribution in [0.4, 0.5) is 28.0 Å². The molecule has 2 bridgehead atoms. The Morgan fingerprint density at radius 1 is 1.26 bits per heavy atom. The summed E-state index contributed by atoms with van der Waals surface area (Å²) in [5, 5.41) is 14.3. The van der Waals surface area contributed by atoms with Crippen LogP contribution in [0.15, 0.2) is 22.9 Å². The third kappa shape index (κ3) is 3.49. The van der Waals surface area contributed by atoms with E-state index in [0.29, 0.717) is 36.6 Å². The first kappa shape index (κ1) is 22.3. The zero-order valence-corrected chi connectivity index (χ0v) is 18.5. The number of piperidine rings is 1. The van der Waals surface area contributed by atoms with Crippen LogP contribution in [-0.4, -0.2) is 41.9 Å². The third-order valence-corrected chi connectivity index (χ3v) is 6.40. The van der Waals surface area contributed by atoms with Gasteiger partial charge in [-0.1, -0.05) is 6.92 Å². The number of aryl methyl sites for hydroxylation is 2. The number of carbonyl (C=O) groups is 1. The van der Waals surface area contributed by atoms with Crippen molar-refractivity contribution in [3.05, 3.63) is 41.6 Å². The van der Waals surface area contributed by atoms with Gasteiger partial charge in [0.05, 0.1) is 11.3 Å². The second kappa shape index (κ2) is 7.50. The fourth-order valence-electron chi connectivity index (χ4n) is 5.16. The number of fused-ring (bicyclic) bond motifs is 2. The standard InChI is InChI=1S/C21H21F4N7O2/c1-10-4-12-8-20(7-10,18-29-28-11(2)34-18)32(12)19(33)27-16-5-13(17-26-9-31(3)30-17)14(6-15(16)22)21(23,24)25/h5-6,9-10,12H,4,7-8H2,1-3H3,(H,27,33)/t10-,12?,20?/m1/s1. The van der Waals surface area contributed by atoms with Gasteiger partial charge < -0.3 is 14.6 Å². The normalized spacial score (nSPS) is 24.1. The number of hydrogen-bond donors (Lipinski definition) is 1. The summed E-state index contributed by atoms with van der Waals surface area (Å²) in [4.78, 5) is 18.7. The smallest absolute Gasteiger partial charge is 0.417 e. The highest BCUT2D eigenvalue weighted by Crippen LogP contribution is 2.55. The van der Waals surface area contributed by atoms with Gasteiger partial charge in [0.15, 0.2) is 5.82 Å². The molecule has 2 fully saturated rings. The van der Waals surface area contributed by atoms with E-state index >= 15 is 0 Å². The fraction of sp³-hybridized carbons (Fsp3) is 0.476. The number of carbonyl (C=O) groups excluding carboxylic acids is 1. The Kier molecular flexibility index (Phi) is 4.92. The average molecular weight is 479 g/mol. The van der Waals surface area contributed by atoms with E-state index in [9.17, 15) is 22.4 Å². The lowest BCUT2D eigenvalue weighted by molar-refractivity contribution is -0.137. The summed E-state index contributed by atoms with van der Waals surface area (Å²) in [7, 11) is 1.50. The molecular weight excluding hydrogens is 458 g/mol. The van der Waals surface area contributed by atoms with Crippen LogP contribution in [0.25, 0.3) is 11.4 Å². The molecule has 1 N–H and O–H groups in total. The van der Waals surface area contributed by atoms with Gasteiger partial charge in [-0.05, 0) is 30.9 Å². The summed E-state index contributed by atoms with van der Waals surface area (Å²) in [6.07, 6.45) is -1.68. The number of aromatic nitrogens is 5. The van der Waals surface area contributed by atoms with Gasteiger partial charge >= 0.3 is 12.2 Å². The fourth-order valence-corrected chi connectivity index (χ4v) is 5.16. The summed E-state index contributed by atoms with van der Waals surface area (Å²) in [6.45, 7) is 3.70. The van der Waals surface area contributed by atoms with Gasteiger partial charge in [0.25, 0.3) is 0 Å². The summed E-state index contributed by atoms with van der Waals surface area (Å²) in [6, 6.07) is 0.466. The van der Waals surface area contributed by atoms with Crippen molar-refractivity contribution in [1.82, 2.24) is 29.9 Å². The molecule has 1 aromatic carbocycles. The van der Waals surface area contributed by atoms with E-state index in [2.05, 4.69) is 32.5 Å². The van der Waals surface area contributed by atoms with Crippen molar-refractivity contribution in [1.29, 1.82) is 0 Å². The number of halogens is 4. The van der Waals surface area contributed by atoms with E-state index < -0.39 is 40.4 Å². The van der Waals surface area contributed by atoms with E-state index in [1.807, 2.05) is 0 Å². The van der Waals surface area contributed by atoms with Gasteiger partial charge in [0.2, 0.25) is 11.8 Å².